The van der Waals surface area contributed by atoms with Crippen LogP contribution in [0.4, 0.5) is 13.2 Å². The standard InChI is InChI=1S/C16H21F2N3O2.C13H17FO/c1-4-10(2)8-23-14(11(3)15(17)18)16(22)21-6-5-12-13(7-21)20-9-19-12;1-5-10(4)11-7-9(3)8-12(14)13(11)15-6-2/h8-9,15H,4-7H2,1-3H3,(H,19,20);6-8,10H,2,5H2,1,3-4H3/b10-8-,14-11+;. The van der Waals surface area contributed by atoms with Crippen molar-refractivity contribution in [1.29, 1.82) is 0 Å². The van der Waals surface area contributed by atoms with Gasteiger partial charge in [0.1, 0.15) is 0 Å². The van der Waals surface area contributed by atoms with Crippen LogP contribution in [0.15, 0.2) is 54.5 Å². The molecule has 208 valence electrons. The quantitative estimate of drug-likeness (QED) is 0.271. The number of aromatic amines is 1. The van der Waals surface area contributed by atoms with Crippen LogP contribution in [0.2, 0.25) is 0 Å². The van der Waals surface area contributed by atoms with Gasteiger partial charge in [0.05, 0.1) is 36.8 Å². The lowest BCUT2D eigenvalue weighted by Crippen LogP contribution is -2.37. The number of imidazole rings is 1. The highest BCUT2D eigenvalue weighted by molar-refractivity contribution is 5.92. The van der Waals surface area contributed by atoms with Crippen molar-refractivity contribution >= 4 is 5.91 Å². The number of halogens is 3. The van der Waals surface area contributed by atoms with E-state index in [1.807, 2.05) is 26.8 Å². The molecule has 0 radical (unpaired) electrons. The number of nitrogens with zero attached hydrogens (tertiary/aromatic N) is 2. The number of amides is 1. The summed E-state index contributed by atoms with van der Waals surface area (Å²) < 4.78 is 50.2. The highest BCUT2D eigenvalue weighted by Crippen LogP contribution is 2.32. The van der Waals surface area contributed by atoms with Crippen molar-refractivity contribution in [2.24, 2.45) is 0 Å². The van der Waals surface area contributed by atoms with Crippen LogP contribution in [0.1, 0.15) is 75.9 Å². The summed E-state index contributed by atoms with van der Waals surface area (Å²) in [6.45, 7) is 15.2. The lowest BCUT2D eigenvalue weighted by atomic mass is 9.96. The maximum absolute atomic E-state index is 13.6. The topological polar surface area (TPSA) is 67.5 Å². The summed E-state index contributed by atoms with van der Waals surface area (Å²) in [5.74, 6) is -0.538. The third-order valence-corrected chi connectivity index (χ3v) is 6.44. The summed E-state index contributed by atoms with van der Waals surface area (Å²) in [7, 11) is 0. The van der Waals surface area contributed by atoms with Gasteiger partial charge in [-0.1, -0.05) is 33.4 Å². The van der Waals surface area contributed by atoms with Crippen LogP contribution in [0.3, 0.4) is 0 Å². The summed E-state index contributed by atoms with van der Waals surface area (Å²) in [5.41, 5.74) is 4.08. The predicted molar refractivity (Wildman–Crippen MR) is 142 cm³/mol. The van der Waals surface area contributed by atoms with E-state index < -0.39 is 12.3 Å². The molecule has 6 nitrogen and oxygen atoms in total. The number of benzene rings is 1. The molecule has 9 heteroatoms. The van der Waals surface area contributed by atoms with Gasteiger partial charge >= 0.3 is 0 Å². The Morgan fingerprint density at radius 2 is 2.00 bits per heavy atom. The highest BCUT2D eigenvalue weighted by atomic mass is 19.3. The Kier molecular flexibility index (Phi) is 11.7. The van der Waals surface area contributed by atoms with Crippen LogP contribution in [0.25, 0.3) is 0 Å². The fourth-order valence-corrected chi connectivity index (χ4v) is 3.73. The molecule has 1 atom stereocenters. The van der Waals surface area contributed by atoms with Crippen molar-refractivity contribution in [2.45, 2.75) is 79.7 Å². The molecule has 1 aliphatic heterocycles. The molecule has 1 aliphatic rings. The molecule has 1 aromatic carbocycles. The number of carbonyl (C=O) groups excluding carboxylic acids is 1. The number of ether oxygens (including phenoxy) is 2. The summed E-state index contributed by atoms with van der Waals surface area (Å²) in [6.07, 6.45) is 3.73. The van der Waals surface area contributed by atoms with E-state index in [1.165, 1.54) is 30.4 Å². The maximum atomic E-state index is 13.6. The van der Waals surface area contributed by atoms with E-state index in [1.54, 1.807) is 6.33 Å². The van der Waals surface area contributed by atoms with Crippen LogP contribution in [0, 0.1) is 12.7 Å². The van der Waals surface area contributed by atoms with Gasteiger partial charge in [0.25, 0.3) is 12.3 Å². The van der Waals surface area contributed by atoms with Crippen LogP contribution in [-0.4, -0.2) is 33.7 Å². The molecule has 0 saturated carbocycles. The molecular weight excluding hydrogens is 495 g/mol. The lowest BCUT2D eigenvalue weighted by Gasteiger charge is -2.27. The molecule has 1 N–H and O–H groups in total. The Bertz CT molecular complexity index is 1170. The summed E-state index contributed by atoms with van der Waals surface area (Å²) in [6, 6.07) is 3.45. The van der Waals surface area contributed by atoms with Crippen LogP contribution >= 0.6 is 0 Å². The van der Waals surface area contributed by atoms with E-state index in [-0.39, 0.29) is 23.1 Å². The minimum Gasteiger partial charge on any atom is -0.462 e. The van der Waals surface area contributed by atoms with Gasteiger partial charge in [0.2, 0.25) is 0 Å². The van der Waals surface area contributed by atoms with Gasteiger partial charge in [-0.3, -0.25) is 4.79 Å². The second-order valence-electron chi connectivity index (χ2n) is 9.31. The number of alkyl halides is 2. The number of rotatable bonds is 9. The Morgan fingerprint density at radius 1 is 1.29 bits per heavy atom. The van der Waals surface area contributed by atoms with E-state index in [4.69, 9.17) is 9.47 Å². The number of allylic oxidation sites excluding steroid dienone is 2. The molecule has 0 fully saturated rings. The lowest BCUT2D eigenvalue weighted by molar-refractivity contribution is -0.131. The highest BCUT2D eigenvalue weighted by Gasteiger charge is 2.28. The average Bonchev–Trinajstić information content (AvgIpc) is 3.37. The van der Waals surface area contributed by atoms with Crippen molar-refractivity contribution in [2.75, 3.05) is 6.54 Å². The zero-order valence-electron chi connectivity index (χ0n) is 23.0. The van der Waals surface area contributed by atoms with Gasteiger partial charge in [-0.2, -0.15) is 0 Å². The summed E-state index contributed by atoms with van der Waals surface area (Å²) >= 11 is 0. The largest absolute Gasteiger partial charge is 0.462 e. The Balaban J connectivity index is 0.000000293. The van der Waals surface area contributed by atoms with Crippen LogP contribution in [0.5, 0.6) is 5.75 Å². The summed E-state index contributed by atoms with van der Waals surface area (Å²) in [5, 5.41) is 0. The first-order valence-electron chi connectivity index (χ1n) is 12.7. The first-order valence-corrected chi connectivity index (χ1v) is 12.7. The SMILES string of the molecule is C=COc1c(F)cc(C)cc1C(C)CC.CC/C(C)=C\O/C(C(=O)N1CCc2nc[nH]c2C1)=C(\C)C(F)F. The Hall–Kier alpha value is -3.49. The van der Waals surface area contributed by atoms with Crippen molar-refractivity contribution in [3.8, 4) is 5.75 Å². The van der Waals surface area contributed by atoms with Crippen molar-refractivity contribution in [1.82, 2.24) is 14.9 Å². The molecule has 2 aromatic rings. The monoisotopic (exact) mass is 533 g/mol. The number of hydrogen-bond donors (Lipinski definition) is 1. The Labute approximate surface area is 223 Å². The molecule has 0 bridgehead atoms. The van der Waals surface area contributed by atoms with E-state index in [2.05, 4.69) is 30.4 Å². The van der Waals surface area contributed by atoms with Gasteiger partial charge in [-0.25, -0.2) is 18.2 Å². The second-order valence-corrected chi connectivity index (χ2v) is 9.31. The molecule has 0 aliphatic carbocycles. The van der Waals surface area contributed by atoms with Crippen LogP contribution in [-0.2, 0) is 22.5 Å². The fraction of sp³-hybridized carbons (Fsp3) is 0.448. The number of aryl methyl sites for hydroxylation is 1. The number of fused-ring (bicyclic) bond motifs is 1. The van der Waals surface area contributed by atoms with E-state index in [9.17, 15) is 18.0 Å². The molecule has 3 rings (SSSR count). The molecule has 0 spiro atoms. The zero-order chi connectivity index (χ0) is 28.4. The van der Waals surface area contributed by atoms with Gasteiger partial charge in [-0.15, -0.1) is 0 Å². The van der Waals surface area contributed by atoms with E-state index in [0.29, 0.717) is 25.3 Å². The Morgan fingerprint density at radius 3 is 2.61 bits per heavy atom. The number of hydrogen-bond acceptors (Lipinski definition) is 4. The second kappa shape index (κ2) is 14.4. The van der Waals surface area contributed by atoms with Gasteiger partial charge in [-0.05, 0) is 56.7 Å². The number of aromatic nitrogens is 2. The molecule has 38 heavy (non-hydrogen) atoms. The smallest absolute Gasteiger partial charge is 0.290 e. The molecule has 1 unspecified atom stereocenters. The number of H-pyrrole nitrogens is 1. The minimum absolute atomic E-state index is 0.286. The predicted octanol–water partition coefficient (Wildman–Crippen LogP) is 7.33. The van der Waals surface area contributed by atoms with E-state index in [0.717, 1.165) is 40.9 Å². The molecule has 1 amide bonds. The average molecular weight is 534 g/mol. The fourth-order valence-electron chi connectivity index (χ4n) is 3.73. The number of carbonyl (C=O) groups is 1. The van der Waals surface area contributed by atoms with Gasteiger partial charge < -0.3 is 19.4 Å². The zero-order valence-corrected chi connectivity index (χ0v) is 23.0. The maximum Gasteiger partial charge on any atom is 0.290 e. The van der Waals surface area contributed by atoms with Crippen molar-refractivity contribution in [3.63, 3.8) is 0 Å². The first-order chi connectivity index (χ1) is 18.0. The van der Waals surface area contributed by atoms with E-state index >= 15 is 0 Å². The first kappa shape index (κ1) is 30.7. The van der Waals surface area contributed by atoms with Crippen molar-refractivity contribution < 1.29 is 27.4 Å². The van der Waals surface area contributed by atoms with Crippen molar-refractivity contribution in [3.05, 3.63) is 82.8 Å². The molecule has 2 heterocycles. The normalized spacial score (nSPS) is 14.7. The van der Waals surface area contributed by atoms with Gasteiger partial charge in [0.15, 0.2) is 17.3 Å². The minimum atomic E-state index is -2.74. The third-order valence-electron chi connectivity index (χ3n) is 6.44. The molecular formula is C29H38F3N3O3. The number of nitrogens with one attached hydrogen (secondary N) is 1. The van der Waals surface area contributed by atoms with Crippen LogP contribution < -0.4 is 4.74 Å². The molecule has 1 aromatic heterocycles. The molecule has 0 saturated heterocycles. The van der Waals surface area contributed by atoms with Gasteiger partial charge in [0, 0.05) is 24.1 Å². The summed E-state index contributed by atoms with van der Waals surface area (Å²) in [4.78, 5) is 21.3. The third kappa shape index (κ3) is 8.00.